The Morgan fingerprint density at radius 2 is 2.12 bits per heavy atom. The molecule has 1 aliphatic heterocycles. The van der Waals surface area contributed by atoms with Gasteiger partial charge in [0.05, 0.1) is 18.2 Å². The smallest absolute Gasteiger partial charge is 0.410 e. The molecule has 2 aromatic heterocycles. The minimum absolute atomic E-state index is 0.0670. The van der Waals surface area contributed by atoms with Crippen LogP contribution >= 0.6 is 11.3 Å². The number of pyridine rings is 1. The summed E-state index contributed by atoms with van der Waals surface area (Å²) in [6, 6.07) is 2.62. The van der Waals surface area contributed by atoms with Gasteiger partial charge in [0.25, 0.3) is 0 Å². The van der Waals surface area contributed by atoms with E-state index < -0.39 is 28.9 Å². The van der Waals surface area contributed by atoms with Gasteiger partial charge < -0.3 is 19.7 Å². The molecule has 10 heteroatoms. The molecule has 0 aliphatic carbocycles. The summed E-state index contributed by atoms with van der Waals surface area (Å²) in [5.41, 5.74) is -1.45. The van der Waals surface area contributed by atoms with Crippen molar-refractivity contribution in [2.24, 2.45) is 5.41 Å². The normalized spacial score (nSPS) is 20.9. The number of nitrogens with one attached hydrogen (secondary N) is 1. The molecule has 1 amide bonds. The molecular formula is C23H31FN4O4S. The molecular weight excluding hydrogens is 447 g/mol. The molecule has 1 fully saturated rings. The van der Waals surface area contributed by atoms with E-state index in [0.717, 1.165) is 0 Å². The van der Waals surface area contributed by atoms with Crippen molar-refractivity contribution in [2.75, 3.05) is 19.0 Å². The number of hydrogen-bond donors (Lipinski definition) is 1. The lowest BCUT2D eigenvalue weighted by molar-refractivity contribution is -0.157. The summed E-state index contributed by atoms with van der Waals surface area (Å²) in [7, 11) is 1.33. The van der Waals surface area contributed by atoms with Crippen LogP contribution in [0.3, 0.4) is 0 Å². The number of anilines is 2. The van der Waals surface area contributed by atoms with Gasteiger partial charge in [0, 0.05) is 30.6 Å². The lowest BCUT2D eigenvalue weighted by Gasteiger charge is -2.44. The van der Waals surface area contributed by atoms with Crippen molar-refractivity contribution in [3.63, 3.8) is 0 Å². The first-order chi connectivity index (χ1) is 15.6. The van der Waals surface area contributed by atoms with Crippen molar-refractivity contribution in [3.8, 4) is 0 Å². The molecule has 33 heavy (non-hydrogen) atoms. The Hall–Kier alpha value is -2.75. The van der Waals surface area contributed by atoms with Crippen molar-refractivity contribution in [3.05, 3.63) is 35.2 Å². The summed E-state index contributed by atoms with van der Waals surface area (Å²) in [5, 5.41) is 5.51. The highest BCUT2D eigenvalue weighted by atomic mass is 32.1. The van der Waals surface area contributed by atoms with Gasteiger partial charge in [-0.3, -0.25) is 4.79 Å². The fourth-order valence-corrected chi connectivity index (χ4v) is 4.67. The minimum atomic E-state index is -0.998. The first-order valence-corrected chi connectivity index (χ1v) is 11.8. The largest absolute Gasteiger partial charge is 0.469 e. The number of carbonyl (C=O) groups is 2. The molecule has 0 radical (unpaired) electrons. The van der Waals surface area contributed by atoms with E-state index in [1.54, 1.807) is 11.1 Å². The number of esters is 1. The molecule has 1 aliphatic rings. The molecule has 0 saturated carbocycles. The van der Waals surface area contributed by atoms with Gasteiger partial charge in [-0.15, -0.1) is 11.3 Å². The maximum absolute atomic E-state index is 14.8. The Morgan fingerprint density at radius 3 is 2.73 bits per heavy atom. The molecule has 2 aromatic rings. The van der Waals surface area contributed by atoms with E-state index in [2.05, 4.69) is 15.3 Å². The van der Waals surface area contributed by atoms with Crippen LogP contribution in [0.5, 0.6) is 0 Å². The van der Waals surface area contributed by atoms with Crippen molar-refractivity contribution in [1.29, 1.82) is 0 Å². The van der Waals surface area contributed by atoms with Crippen molar-refractivity contribution in [1.82, 2.24) is 14.9 Å². The predicted octanol–water partition coefficient (Wildman–Crippen LogP) is 4.93. The van der Waals surface area contributed by atoms with E-state index in [9.17, 15) is 14.0 Å². The van der Waals surface area contributed by atoms with Gasteiger partial charge in [-0.2, -0.15) is 0 Å². The van der Waals surface area contributed by atoms with E-state index in [4.69, 9.17) is 9.47 Å². The summed E-state index contributed by atoms with van der Waals surface area (Å²) < 4.78 is 25.5. The SMILES string of the molecule is CCC1CC(Cc2nc(Nc3nccs3)ccc2F)(C(=O)OC)CCN1C(=O)OC(C)(C)C. The Balaban J connectivity index is 1.85. The number of carbonyl (C=O) groups excluding carboxylic acids is 2. The second-order valence-corrected chi connectivity index (χ2v) is 10.1. The number of hydrogen-bond acceptors (Lipinski definition) is 8. The number of aromatic nitrogens is 2. The van der Waals surface area contributed by atoms with Gasteiger partial charge in [-0.1, -0.05) is 6.92 Å². The van der Waals surface area contributed by atoms with Gasteiger partial charge in [0.2, 0.25) is 0 Å². The van der Waals surface area contributed by atoms with Crippen molar-refractivity contribution >= 4 is 34.3 Å². The number of rotatable bonds is 6. The van der Waals surface area contributed by atoms with Crippen LogP contribution in [0.15, 0.2) is 23.7 Å². The molecule has 0 aromatic carbocycles. The second kappa shape index (κ2) is 10.0. The van der Waals surface area contributed by atoms with Gasteiger partial charge >= 0.3 is 12.1 Å². The number of likely N-dealkylation sites (tertiary alicyclic amines) is 1. The topological polar surface area (TPSA) is 93.6 Å². The van der Waals surface area contributed by atoms with E-state index in [1.807, 2.05) is 33.1 Å². The van der Waals surface area contributed by atoms with Crippen LogP contribution in [-0.4, -0.2) is 52.2 Å². The Morgan fingerprint density at radius 1 is 1.36 bits per heavy atom. The number of piperidine rings is 1. The van der Waals surface area contributed by atoms with Gasteiger partial charge in [0.1, 0.15) is 17.2 Å². The third-order valence-corrected chi connectivity index (χ3v) is 6.40. The fourth-order valence-electron chi connectivity index (χ4n) is 4.13. The number of halogens is 1. The molecule has 3 heterocycles. The zero-order valence-corrected chi connectivity index (χ0v) is 20.5. The van der Waals surface area contributed by atoms with Crippen LogP contribution < -0.4 is 5.32 Å². The van der Waals surface area contributed by atoms with E-state index in [0.29, 0.717) is 36.8 Å². The zero-order valence-electron chi connectivity index (χ0n) is 19.7. The Bertz CT molecular complexity index is 979. The maximum Gasteiger partial charge on any atom is 0.410 e. The highest BCUT2D eigenvalue weighted by molar-refractivity contribution is 7.13. The molecule has 2 atom stereocenters. The van der Waals surface area contributed by atoms with E-state index >= 15 is 0 Å². The monoisotopic (exact) mass is 478 g/mol. The third kappa shape index (κ3) is 5.98. The lowest BCUT2D eigenvalue weighted by Crippen LogP contribution is -2.54. The number of nitrogens with zero attached hydrogens (tertiary/aromatic N) is 3. The predicted molar refractivity (Wildman–Crippen MR) is 124 cm³/mol. The second-order valence-electron chi connectivity index (χ2n) is 9.23. The van der Waals surface area contributed by atoms with Crippen LogP contribution in [0.4, 0.5) is 20.1 Å². The quantitative estimate of drug-likeness (QED) is 0.588. The van der Waals surface area contributed by atoms with Crippen molar-refractivity contribution in [2.45, 2.75) is 65.0 Å². The molecule has 0 spiro atoms. The molecule has 1 saturated heterocycles. The number of amides is 1. The number of ether oxygens (including phenoxy) is 2. The molecule has 0 bridgehead atoms. The first-order valence-electron chi connectivity index (χ1n) is 11.0. The van der Waals surface area contributed by atoms with Crippen LogP contribution in [-0.2, 0) is 20.7 Å². The average molecular weight is 479 g/mol. The highest BCUT2D eigenvalue weighted by Crippen LogP contribution is 2.41. The standard InChI is InChI=1S/C23H31FN4O4S/c1-6-15-13-23(19(29)31-5,9-11-28(15)21(30)32-22(2,3)4)14-17-16(24)7-8-18(26-17)27-20-25-10-12-33-20/h7-8,10,12,15H,6,9,11,13-14H2,1-5H3,(H,25,26,27). The molecule has 2 unspecified atom stereocenters. The van der Waals surface area contributed by atoms with Gasteiger partial charge in [-0.05, 0) is 52.2 Å². The minimum Gasteiger partial charge on any atom is -0.469 e. The Labute approximate surface area is 197 Å². The van der Waals surface area contributed by atoms with Crippen LogP contribution in [0, 0.1) is 11.2 Å². The summed E-state index contributed by atoms with van der Waals surface area (Å²) in [6.45, 7) is 7.70. The fraction of sp³-hybridized carbons (Fsp3) is 0.565. The number of thiazole rings is 1. The maximum atomic E-state index is 14.8. The third-order valence-electron chi connectivity index (χ3n) is 5.71. The molecule has 180 valence electrons. The first kappa shape index (κ1) is 24.9. The van der Waals surface area contributed by atoms with Crippen LogP contribution in [0.25, 0.3) is 0 Å². The van der Waals surface area contributed by atoms with E-state index in [1.165, 1.54) is 30.6 Å². The lowest BCUT2D eigenvalue weighted by atomic mass is 9.71. The summed E-state index contributed by atoms with van der Waals surface area (Å²) in [4.78, 5) is 36.0. The van der Waals surface area contributed by atoms with Gasteiger partial charge in [0.15, 0.2) is 5.13 Å². The van der Waals surface area contributed by atoms with E-state index in [-0.39, 0.29) is 18.2 Å². The van der Waals surface area contributed by atoms with Crippen LogP contribution in [0.2, 0.25) is 0 Å². The molecule has 1 N–H and O–H groups in total. The van der Waals surface area contributed by atoms with Crippen molar-refractivity contribution < 1.29 is 23.5 Å². The summed E-state index contributed by atoms with van der Waals surface area (Å²) >= 11 is 1.40. The number of methoxy groups -OCH3 is 1. The summed E-state index contributed by atoms with van der Waals surface area (Å²) in [5.74, 6) is -0.477. The molecule has 3 rings (SSSR count). The zero-order chi connectivity index (χ0) is 24.2. The average Bonchev–Trinajstić information content (AvgIpc) is 3.27. The Kier molecular flexibility index (Phi) is 7.56. The van der Waals surface area contributed by atoms with Crippen LogP contribution in [0.1, 0.15) is 52.7 Å². The molecule has 8 nitrogen and oxygen atoms in total. The highest BCUT2D eigenvalue weighted by Gasteiger charge is 2.48. The van der Waals surface area contributed by atoms with Gasteiger partial charge in [-0.25, -0.2) is 19.2 Å². The summed E-state index contributed by atoms with van der Waals surface area (Å²) in [6.07, 6.45) is 2.60.